The lowest BCUT2D eigenvalue weighted by molar-refractivity contribution is 0.669. The molecule has 0 bridgehead atoms. The second kappa shape index (κ2) is 15.5. The molecule has 0 atom stereocenters. The van der Waals surface area contributed by atoms with Gasteiger partial charge < -0.3 is 13.9 Å². The van der Waals surface area contributed by atoms with Crippen LogP contribution in [0, 0.1) is 0 Å². The molecule has 2 aromatic heterocycles. The maximum atomic E-state index is 6.47. The van der Waals surface area contributed by atoms with Gasteiger partial charge in [0.2, 0.25) is 0 Å². The summed E-state index contributed by atoms with van der Waals surface area (Å²) in [5, 5.41) is 4.65. The molecule has 0 saturated carbocycles. The van der Waals surface area contributed by atoms with Gasteiger partial charge in [0.25, 0.3) is 0 Å². The molecule has 0 aliphatic carbocycles. The van der Waals surface area contributed by atoms with Gasteiger partial charge in [-0.1, -0.05) is 182 Å². The minimum absolute atomic E-state index is 0.552. The molecule has 0 saturated heterocycles. The highest BCUT2D eigenvalue weighted by Crippen LogP contribution is 2.48. The number of aromatic nitrogens is 1. The predicted octanol–water partition coefficient (Wildman–Crippen LogP) is 16.2. The van der Waals surface area contributed by atoms with Crippen molar-refractivity contribution < 1.29 is 4.42 Å². The van der Waals surface area contributed by atoms with E-state index in [4.69, 9.17) is 4.42 Å². The van der Waals surface area contributed by atoms with E-state index in [1.165, 1.54) is 49.6 Å². The maximum absolute atomic E-state index is 6.47. The zero-order valence-corrected chi connectivity index (χ0v) is 35.1. The third kappa shape index (κ3) is 6.05. The Morgan fingerprint density at radius 3 is 1.47 bits per heavy atom. The van der Waals surface area contributed by atoms with E-state index in [0.29, 0.717) is 0 Å². The van der Waals surface area contributed by atoms with Crippen LogP contribution in [0.5, 0.6) is 0 Å². The first-order valence-electron chi connectivity index (χ1n) is 21.9. The van der Waals surface area contributed by atoms with E-state index in [0.717, 1.165) is 50.3 Å². The minimum atomic E-state index is -0.552. The summed E-state index contributed by atoms with van der Waals surface area (Å²) >= 11 is 0. The second-order valence-electron chi connectivity index (χ2n) is 16.4. The Hall–Kier alpha value is -8.40. The topological polar surface area (TPSA) is 21.3 Å². The first kappa shape index (κ1) is 37.4. The van der Waals surface area contributed by atoms with Crippen molar-refractivity contribution in [1.82, 2.24) is 4.57 Å². The van der Waals surface area contributed by atoms with Gasteiger partial charge in [-0.05, 0) is 106 Å². The molecule has 0 aliphatic rings. The average molecular weight is 819 g/mol. The van der Waals surface area contributed by atoms with Gasteiger partial charge in [-0.25, -0.2) is 0 Å². The highest BCUT2D eigenvalue weighted by molar-refractivity contribution is 6.13. The van der Waals surface area contributed by atoms with Crippen LogP contribution in [0.2, 0.25) is 0 Å². The molecule has 10 aromatic carbocycles. The third-order valence-electron chi connectivity index (χ3n) is 12.9. The summed E-state index contributed by atoms with van der Waals surface area (Å²) in [5.74, 6) is 0. The molecule has 2 heterocycles. The molecule has 3 nitrogen and oxygen atoms in total. The molecular weight excluding hydrogens is 777 g/mol. The smallest absolute Gasteiger partial charge is 0.137 e. The van der Waals surface area contributed by atoms with Gasteiger partial charge in [0.15, 0.2) is 0 Å². The van der Waals surface area contributed by atoms with Crippen LogP contribution >= 0.6 is 0 Å². The Bertz CT molecular complexity index is 3480. The van der Waals surface area contributed by atoms with Crippen LogP contribution in [0.1, 0.15) is 22.3 Å². The predicted molar refractivity (Wildman–Crippen MR) is 266 cm³/mol. The molecule has 0 aliphatic heterocycles. The van der Waals surface area contributed by atoms with Crippen LogP contribution in [0.15, 0.2) is 259 Å². The first-order valence-corrected chi connectivity index (χ1v) is 21.9. The Morgan fingerprint density at radius 2 is 0.828 bits per heavy atom. The van der Waals surface area contributed by atoms with Gasteiger partial charge in [0.1, 0.15) is 11.2 Å². The molecule has 0 N–H and O–H groups in total. The zero-order chi connectivity index (χ0) is 42.5. The van der Waals surface area contributed by atoms with Crippen molar-refractivity contribution in [2.45, 2.75) is 5.41 Å². The maximum Gasteiger partial charge on any atom is 0.137 e. The van der Waals surface area contributed by atoms with Gasteiger partial charge in [-0.2, -0.15) is 0 Å². The van der Waals surface area contributed by atoms with Crippen LogP contribution in [-0.4, -0.2) is 4.57 Å². The van der Waals surface area contributed by atoms with E-state index < -0.39 is 5.41 Å². The van der Waals surface area contributed by atoms with Gasteiger partial charge >= 0.3 is 0 Å². The van der Waals surface area contributed by atoms with Gasteiger partial charge in [-0.3, -0.25) is 0 Å². The monoisotopic (exact) mass is 818 g/mol. The number of fused-ring (bicyclic) bond motifs is 6. The van der Waals surface area contributed by atoms with Gasteiger partial charge in [0, 0.05) is 33.2 Å². The van der Waals surface area contributed by atoms with Crippen LogP contribution in [0.3, 0.4) is 0 Å². The Balaban J connectivity index is 1.01. The number of hydrogen-bond donors (Lipinski definition) is 0. The van der Waals surface area contributed by atoms with Crippen molar-refractivity contribution in [3.8, 4) is 16.8 Å². The molecule has 64 heavy (non-hydrogen) atoms. The Kier molecular flexibility index (Phi) is 9.05. The lowest BCUT2D eigenvalue weighted by Gasteiger charge is -2.37. The van der Waals surface area contributed by atoms with E-state index in [9.17, 15) is 0 Å². The van der Waals surface area contributed by atoms with E-state index in [-0.39, 0.29) is 0 Å². The fourth-order valence-electron chi connectivity index (χ4n) is 10.1. The van der Waals surface area contributed by atoms with E-state index >= 15 is 0 Å². The van der Waals surface area contributed by atoms with Gasteiger partial charge in [-0.15, -0.1) is 0 Å². The lowest BCUT2D eigenvalue weighted by atomic mass is 9.65. The summed E-state index contributed by atoms with van der Waals surface area (Å²) < 4.78 is 8.84. The molecule has 3 heteroatoms. The SMILES string of the molecule is c1ccc(-n2c3ccccc3c3cc(-c4ccc(N(c5ccc(C(c6ccccc6)(c6ccccc6)c6ccccc6)cc5)c5cccc6oc7ccccc7c56)cc4)ccc32)cc1. The highest BCUT2D eigenvalue weighted by Gasteiger charge is 2.38. The molecule has 12 aromatic rings. The number of hydrogen-bond acceptors (Lipinski definition) is 2. The molecule has 0 fully saturated rings. The summed E-state index contributed by atoms with van der Waals surface area (Å²) in [4.78, 5) is 2.38. The van der Waals surface area contributed by atoms with Crippen molar-refractivity contribution in [2.24, 2.45) is 0 Å². The van der Waals surface area contributed by atoms with Crippen molar-refractivity contribution in [3.05, 3.63) is 277 Å². The van der Waals surface area contributed by atoms with Gasteiger partial charge in [0.05, 0.1) is 27.5 Å². The first-order chi connectivity index (χ1) is 31.8. The quantitative estimate of drug-likeness (QED) is 0.135. The van der Waals surface area contributed by atoms with Crippen molar-refractivity contribution in [2.75, 3.05) is 4.90 Å². The summed E-state index contributed by atoms with van der Waals surface area (Å²) in [6.07, 6.45) is 0. The fourth-order valence-corrected chi connectivity index (χ4v) is 10.1. The number of para-hydroxylation sites is 3. The summed E-state index contributed by atoms with van der Waals surface area (Å²) in [6, 6.07) is 91.8. The zero-order valence-electron chi connectivity index (χ0n) is 35.1. The minimum Gasteiger partial charge on any atom is -0.456 e. The number of rotatable bonds is 9. The van der Waals surface area contributed by atoms with Crippen molar-refractivity contribution in [1.29, 1.82) is 0 Å². The van der Waals surface area contributed by atoms with E-state index in [1.807, 2.05) is 6.07 Å². The molecule has 0 amide bonds. The molecule has 0 radical (unpaired) electrons. The summed E-state index contributed by atoms with van der Waals surface area (Å²) in [7, 11) is 0. The second-order valence-corrected chi connectivity index (χ2v) is 16.4. The normalized spacial score (nSPS) is 11.8. The number of benzene rings is 10. The summed E-state index contributed by atoms with van der Waals surface area (Å²) in [6.45, 7) is 0. The van der Waals surface area contributed by atoms with Crippen molar-refractivity contribution in [3.63, 3.8) is 0 Å². The molecule has 302 valence electrons. The number of furan rings is 1. The molecule has 0 spiro atoms. The number of nitrogens with zero attached hydrogens (tertiary/aromatic N) is 2. The largest absolute Gasteiger partial charge is 0.456 e. The third-order valence-corrected chi connectivity index (χ3v) is 12.9. The number of anilines is 3. The Labute approximate surface area is 372 Å². The van der Waals surface area contributed by atoms with Crippen molar-refractivity contribution >= 4 is 60.8 Å². The summed E-state index contributed by atoms with van der Waals surface area (Å²) in [5.41, 5.74) is 15.0. The Morgan fingerprint density at radius 1 is 0.344 bits per heavy atom. The van der Waals surface area contributed by atoms with Crippen LogP contribution in [0.25, 0.3) is 60.6 Å². The standard InChI is InChI=1S/C61H42N2O/c1-5-18-45(19-6-1)61(46-20-7-2-8-21-46,47-22-9-3-10-23-47)48-35-39-51(40-36-48)62(57-29-17-31-59-60(57)53-27-14-16-30-58(53)64-59)50-37-32-43(33-38-50)44-34-41-56-54(42-44)52-26-13-15-28-55(52)63(56)49-24-11-4-12-25-49/h1-42H. The molecular formula is C61H42N2O. The van der Waals surface area contributed by atoms with Crippen LogP contribution < -0.4 is 4.90 Å². The fraction of sp³-hybridized carbons (Fsp3) is 0.0164. The lowest BCUT2D eigenvalue weighted by Crippen LogP contribution is -2.31. The molecule has 12 rings (SSSR count). The molecule has 0 unspecified atom stereocenters. The van der Waals surface area contributed by atoms with E-state index in [1.54, 1.807) is 0 Å². The van der Waals surface area contributed by atoms with E-state index in [2.05, 4.69) is 258 Å². The highest BCUT2D eigenvalue weighted by atomic mass is 16.3. The van der Waals surface area contributed by atoms with Crippen LogP contribution in [-0.2, 0) is 5.41 Å². The van der Waals surface area contributed by atoms with Crippen LogP contribution in [0.4, 0.5) is 17.1 Å². The average Bonchev–Trinajstić information content (AvgIpc) is 3.92.